The number of hydrogen-bond acceptors (Lipinski definition) is 5. The number of benzene rings is 2. The van der Waals surface area contributed by atoms with Gasteiger partial charge < -0.3 is 5.32 Å². The van der Waals surface area contributed by atoms with E-state index in [2.05, 4.69) is 38.7 Å². The third-order valence-electron chi connectivity index (χ3n) is 5.00. The number of imidazole rings is 1. The minimum absolute atomic E-state index is 0.0170. The van der Waals surface area contributed by atoms with Crippen LogP contribution in [0.4, 0.5) is 14.5 Å². The summed E-state index contributed by atoms with van der Waals surface area (Å²) in [5.74, 6) is -1.73. The van der Waals surface area contributed by atoms with Gasteiger partial charge in [-0.2, -0.15) is 5.10 Å². The highest BCUT2D eigenvalue weighted by atomic mass is 32.1. The van der Waals surface area contributed by atoms with Gasteiger partial charge in [0.25, 0.3) is 5.78 Å². The van der Waals surface area contributed by atoms with Crippen LogP contribution in [-0.4, -0.2) is 38.3 Å². The Kier molecular flexibility index (Phi) is 5.83. The zero-order chi connectivity index (χ0) is 22.8. The molecule has 4 aromatic rings. The van der Waals surface area contributed by atoms with E-state index in [0.29, 0.717) is 12.2 Å². The first kappa shape index (κ1) is 21.4. The molecule has 0 amide bonds. The Balaban J connectivity index is 1.74. The fourth-order valence-corrected chi connectivity index (χ4v) is 3.51. The lowest BCUT2D eigenvalue weighted by atomic mass is 10.0. The van der Waals surface area contributed by atoms with Crippen molar-refractivity contribution in [1.29, 1.82) is 0 Å². The van der Waals surface area contributed by atoms with Gasteiger partial charge in [0.2, 0.25) is 0 Å². The number of halogens is 2. The fourth-order valence-electron chi connectivity index (χ4n) is 3.35. The average Bonchev–Trinajstić information content (AvgIpc) is 3.22. The standard InChI is InChI=1S/C23H18F2N6S/c1-4-14-9-13(5-8-18(14)26-2)10-15-11-28-23-29-12-19(30-31(15)23)16-6-7-17(22(32)27-3)21(25)20(16)24/h4-9,11-12H,1-2,10H2,3H3,(H,27,32). The van der Waals surface area contributed by atoms with Crippen molar-refractivity contribution in [1.82, 2.24) is 24.9 Å². The summed E-state index contributed by atoms with van der Waals surface area (Å²) >= 11 is 5.02. The molecular formula is C23H18F2N6S. The van der Waals surface area contributed by atoms with Crippen LogP contribution in [0.15, 0.2) is 54.3 Å². The Morgan fingerprint density at radius 2 is 1.97 bits per heavy atom. The van der Waals surface area contributed by atoms with Gasteiger partial charge in [0, 0.05) is 24.6 Å². The molecule has 2 heterocycles. The summed E-state index contributed by atoms with van der Waals surface area (Å²) in [5, 5.41) is 7.11. The minimum atomic E-state index is -1.04. The molecule has 32 heavy (non-hydrogen) atoms. The third kappa shape index (κ3) is 3.78. The van der Waals surface area contributed by atoms with E-state index < -0.39 is 11.6 Å². The second-order valence-corrected chi connectivity index (χ2v) is 7.31. The predicted octanol–water partition coefficient (Wildman–Crippen LogP) is 4.53. The molecule has 0 fully saturated rings. The molecule has 2 aromatic carbocycles. The average molecular weight is 449 g/mol. The van der Waals surface area contributed by atoms with Crippen molar-refractivity contribution in [3.63, 3.8) is 0 Å². The molecule has 1 N–H and O–H groups in total. The van der Waals surface area contributed by atoms with Crippen LogP contribution in [0.1, 0.15) is 22.4 Å². The topological polar surface area (TPSA) is 67.5 Å². The molecule has 0 unspecified atom stereocenters. The number of thiocarbonyl (C=S) groups is 1. The summed E-state index contributed by atoms with van der Waals surface area (Å²) in [5.41, 5.74) is 3.44. The first-order chi connectivity index (χ1) is 15.5. The van der Waals surface area contributed by atoms with Crippen LogP contribution in [0.25, 0.3) is 23.1 Å². The first-order valence-electron chi connectivity index (χ1n) is 9.59. The largest absolute Gasteiger partial charge is 0.379 e. The second-order valence-electron chi connectivity index (χ2n) is 6.90. The van der Waals surface area contributed by atoms with Crippen LogP contribution in [0.5, 0.6) is 0 Å². The molecule has 0 saturated carbocycles. The number of aromatic nitrogens is 4. The quantitative estimate of drug-likeness (QED) is 0.347. The number of aliphatic imine (C=N–C) groups is 1. The molecular weight excluding hydrogens is 430 g/mol. The van der Waals surface area contributed by atoms with Gasteiger partial charge in [-0.25, -0.2) is 23.3 Å². The lowest BCUT2D eigenvalue weighted by Crippen LogP contribution is -2.18. The van der Waals surface area contributed by atoms with Crippen LogP contribution < -0.4 is 5.32 Å². The van der Waals surface area contributed by atoms with E-state index in [1.807, 2.05) is 18.2 Å². The highest BCUT2D eigenvalue weighted by molar-refractivity contribution is 7.80. The lowest BCUT2D eigenvalue weighted by molar-refractivity contribution is 0.509. The summed E-state index contributed by atoms with van der Waals surface area (Å²) < 4.78 is 30.9. The van der Waals surface area contributed by atoms with Gasteiger partial charge in [-0.3, -0.25) is 4.99 Å². The highest BCUT2D eigenvalue weighted by Crippen LogP contribution is 2.26. The molecule has 0 aliphatic rings. The van der Waals surface area contributed by atoms with E-state index in [9.17, 15) is 8.78 Å². The Morgan fingerprint density at radius 3 is 2.69 bits per heavy atom. The van der Waals surface area contributed by atoms with Crippen molar-refractivity contribution >= 4 is 41.5 Å². The van der Waals surface area contributed by atoms with Gasteiger partial charge in [-0.05, 0) is 42.1 Å². The Hall–Kier alpha value is -3.85. The number of nitrogens with zero attached hydrogens (tertiary/aromatic N) is 5. The Bertz CT molecular complexity index is 1380. The van der Waals surface area contributed by atoms with Crippen molar-refractivity contribution < 1.29 is 8.78 Å². The van der Waals surface area contributed by atoms with E-state index in [1.165, 1.54) is 22.8 Å². The van der Waals surface area contributed by atoms with Gasteiger partial charge in [-0.15, -0.1) is 0 Å². The van der Waals surface area contributed by atoms with Crippen molar-refractivity contribution in [2.75, 3.05) is 7.05 Å². The van der Waals surface area contributed by atoms with Crippen molar-refractivity contribution in [2.24, 2.45) is 4.99 Å². The maximum atomic E-state index is 14.8. The maximum Gasteiger partial charge on any atom is 0.250 e. The number of rotatable bonds is 6. The molecule has 160 valence electrons. The molecule has 0 bridgehead atoms. The lowest BCUT2D eigenvalue weighted by Gasteiger charge is -2.09. The van der Waals surface area contributed by atoms with Crippen LogP contribution in [0, 0.1) is 11.6 Å². The summed E-state index contributed by atoms with van der Waals surface area (Å²) in [7, 11) is 1.55. The van der Waals surface area contributed by atoms with Crippen LogP contribution in [0.2, 0.25) is 0 Å². The monoisotopic (exact) mass is 448 g/mol. The van der Waals surface area contributed by atoms with Crippen molar-refractivity contribution in [3.05, 3.63) is 83.3 Å². The third-order valence-corrected chi connectivity index (χ3v) is 5.42. The zero-order valence-corrected chi connectivity index (χ0v) is 18.0. The summed E-state index contributed by atoms with van der Waals surface area (Å²) in [6.45, 7) is 7.36. The molecule has 0 spiro atoms. The van der Waals surface area contributed by atoms with E-state index >= 15 is 0 Å². The van der Waals surface area contributed by atoms with Gasteiger partial charge in [0.15, 0.2) is 11.6 Å². The molecule has 2 aromatic heterocycles. The van der Waals surface area contributed by atoms with E-state index in [0.717, 1.165) is 22.5 Å². The smallest absolute Gasteiger partial charge is 0.250 e. The van der Waals surface area contributed by atoms with Gasteiger partial charge in [-0.1, -0.05) is 30.9 Å². The molecule has 0 aliphatic carbocycles. The predicted molar refractivity (Wildman–Crippen MR) is 125 cm³/mol. The van der Waals surface area contributed by atoms with Gasteiger partial charge >= 0.3 is 0 Å². The number of fused-ring (bicyclic) bond motifs is 1. The minimum Gasteiger partial charge on any atom is -0.379 e. The molecule has 0 aliphatic heterocycles. The summed E-state index contributed by atoms with van der Waals surface area (Å²) in [4.78, 5) is 12.6. The molecule has 6 nitrogen and oxygen atoms in total. The summed E-state index contributed by atoms with van der Waals surface area (Å²) in [6.07, 6.45) is 5.21. The second kappa shape index (κ2) is 8.72. The first-order valence-corrected chi connectivity index (χ1v) is 9.99. The molecule has 4 rings (SSSR count). The van der Waals surface area contributed by atoms with Gasteiger partial charge in [0.05, 0.1) is 23.8 Å². The summed E-state index contributed by atoms with van der Waals surface area (Å²) in [6, 6.07) is 8.58. The Morgan fingerprint density at radius 1 is 1.19 bits per heavy atom. The molecule has 0 radical (unpaired) electrons. The van der Waals surface area contributed by atoms with Crippen molar-refractivity contribution in [2.45, 2.75) is 6.42 Å². The molecule has 0 saturated heterocycles. The molecule has 0 atom stereocenters. The number of hydrogen-bond donors (Lipinski definition) is 1. The fraction of sp³-hybridized carbons (Fsp3) is 0.0870. The van der Waals surface area contributed by atoms with E-state index in [-0.39, 0.29) is 21.8 Å². The molecule has 9 heteroatoms. The van der Waals surface area contributed by atoms with Crippen LogP contribution in [0.3, 0.4) is 0 Å². The highest BCUT2D eigenvalue weighted by Gasteiger charge is 2.19. The van der Waals surface area contributed by atoms with Crippen LogP contribution >= 0.6 is 12.2 Å². The SMILES string of the molecule is C=Cc1cc(Cc2cnc3ncc(-c4ccc(C(=S)NC)c(F)c4F)nn23)ccc1N=C. The van der Waals surface area contributed by atoms with Gasteiger partial charge in [0.1, 0.15) is 10.7 Å². The Labute approximate surface area is 188 Å². The zero-order valence-electron chi connectivity index (χ0n) is 17.1. The van der Waals surface area contributed by atoms with E-state index in [1.54, 1.807) is 19.3 Å². The van der Waals surface area contributed by atoms with Crippen molar-refractivity contribution in [3.8, 4) is 11.3 Å². The van der Waals surface area contributed by atoms with E-state index in [4.69, 9.17) is 12.2 Å². The normalized spacial score (nSPS) is 10.8. The van der Waals surface area contributed by atoms with Crippen LogP contribution in [-0.2, 0) is 6.42 Å². The number of nitrogens with one attached hydrogen (secondary N) is 1. The maximum absolute atomic E-state index is 14.8.